The van der Waals surface area contributed by atoms with E-state index in [2.05, 4.69) is 4.74 Å². The highest BCUT2D eigenvalue weighted by Crippen LogP contribution is 2.30. The minimum atomic E-state index is -0.909. The molecule has 1 atom stereocenters. The second kappa shape index (κ2) is 4.59. The molecular formula is C11H11FN2O4. The van der Waals surface area contributed by atoms with Crippen LogP contribution in [0.25, 0.3) is 0 Å². The Morgan fingerprint density at radius 2 is 2.33 bits per heavy atom. The lowest BCUT2D eigenvalue weighted by molar-refractivity contribution is -0.387. The number of anilines is 1. The number of nitro benzene ring substituents is 1. The summed E-state index contributed by atoms with van der Waals surface area (Å²) in [6.45, 7) is 0.594. The average Bonchev–Trinajstić information content (AvgIpc) is 2.27. The molecule has 0 spiro atoms. The molecule has 1 aromatic carbocycles. The summed E-state index contributed by atoms with van der Waals surface area (Å²) >= 11 is 0. The van der Waals surface area contributed by atoms with Gasteiger partial charge in [-0.25, -0.2) is 4.79 Å². The van der Waals surface area contributed by atoms with Gasteiger partial charge in [-0.3, -0.25) is 10.1 Å². The van der Waals surface area contributed by atoms with Crippen LogP contribution in [0.1, 0.15) is 6.42 Å². The Morgan fingerprint density at radius 1 is 1.61 bits per heavy atom. The highest BCUT2D eigenvalue weighted by Gasteiger charge is 2.35. The maximum absolute atomic E-state index is 13.4. The van der Waals surface area contributed by atoms with Crippen LogP contribution < -0.4 is 4.90 Å². The zero-order valence-electron chi connectivity index (χ0n) is 9.63. The number of nitro groups is 1. The lowest BCUT2D eigenvalue weighted by Gasteiger charge is -2.40. The number of nitrogens with zero attached hydrogens (tertiary/aromatic N) is 2. The summed E-state index contributed by atoms with van der Waals surface area (Å²) in [7, 11) is 1.29. The predicted octanol–water partition coefficient (Wildman–Crippen LogP) is 1.49. The molecule has 0 bridgehead atoms. The molecule has 0 N–H and O–H groups in total. The van der Waals surface area contributed by atoms with Crippen LogP contribution in [-0.4, -0.2) is 30.6 Å². The average molecular weight is 254 g/mol. The van der Waals surface area contributed by atoms with E-state index in [4.69, 9.17) is 0 Å². The van der Waals surface area contributed by atoms with Gasteiger partial charge in [-0.1, -0.05) is 0 Å². The van der Waals surface area contributed by atoms with Gasteiger partial charge in [0.05, 0.1) is 12.0 Å². The van der Waals surface area contributed by atoms with Crippen molar-refractivity contribution in [3.8, 4) is 0 Å². The van der Waals surface area contributed by atoms with Crippen molar-refractivity contribution in [3.05, 3.63) is 34.1 Å². The van der Waals surface area contributed by atoms with Gasteiger partial charge in [0.1, 0.15) is 6.04 Å². The SMILES string of the molecule is COC(=O)C1CCN1c1ccc([N+](=O)[O-])c(F)c1. The number of halogens is 1. The van der Waals surface area contributed by atoms with E-state index in [0.717, 1.165) is 12.1 Å². The van der Waals surface area contributed by atoms with Crippen LogP contribution in [0, 0.1) is 15.9 Å². The maximum atomic E-state index is 13.4. The summed E-state index contributed by atoms with van der Waals surface area (Å²) < 4.78 is 18.1. The molecule has 1 heterocycles. The third-order valence-electron chi connectivity index (χ3n) is 2.95. The van der Waals surface area contributed by atoms with Crippen molar-refractivity contribution in [1.29, 1.82) is 0 Å². The van der Waals surface area contributed by atoms with Crippen LogP contribution in [0.15, 0.2) is 18.2 Å². The molecule has 2 rings (SSSR count). The predicted molar refractivity (Wildman–Crippen MR) is 60.8 cm³/mol. The van der Waals surface area contributed by atoms with Gasteiger partial charge in [0, 0.05) is 24.4 Å². The number of benzene rings is 1. The van der Waals surface area contributed by atoms with E-state index in [0.29, 0.717) is 18.7 Å². The number of rotatable bonds is 3. The lowest BCUT2D eigenvalue weighted by Crippen LogP contribution is -2.53. The summed E-state index contributed by atoms with van der Waals surface area (Å²) in [6, 6.07) is 3.15. The fourth-order valence-corrected chi connectivity index (χ4v) is 1.90. The summed E-state index contributed by atoms with van der Waals surface area (Å²) in [5.74, 6) is -1.30. The Balaban J connectivity index is 2.22. The molecule has 1 aliphatic rings. The lowest BCUT2D eigenvalue weighted by atomic mass is 10.0. The minimum absolute atomic E-state index is 0.389. The number of methoxy groups -OCH3 is 1. The van der Waals surface area contributed by atoms with Crippen molar-refractivity contribution in [2.45, 2.75) is 12.5 Å². The van der Waals surface area contributed by atoms with Crippen molar-refractivity contribution in [2.24, 2.45) is 0 Å². The van der Waals surface area contributed by atoms with E-state index < -0.39 is 22.5 Å². The Labute approximate surface area is 102 Å². The summed E-state index contributed by atoms with van der Waals surface area (Å²) in [4.78, 5) is 22.7. The largest absolute Gasteiger partial charge is 0.467 e. The van der Waals surface area contributed by atoms with E-state index in [1.165, 1.54) is 13.2 Å². The summed E-state index contributed by atoms with van der Waals surface area (Å²) in [6.07, 6.45) is 0.630. The highest BCUT2D eigenvalue weighted by molar-refractivity contribution is 5.82. The topological polar surface area (TPSA) is 72.7 Å². The van der Waals surface area contributed by atoms with Crippen LogP contribution in [-0.2, 0) is 9.53 Å². The zero-order chi connectivity index (χ0) is 13.3. The normalized spacial score (nSPS) is 18.1. The van der Waals surface area contributed by atoms with E-state index in [1.54, 1.807) is 4.90 Å². The number of carbonyl (C=O) groups excluding carboxylic acids is 1. The van der Waals surface area contributed by atoms with Crippen molar-refractivity contribution >= 4 is 17.3 Å². The molecule has 0 aliphatic carbocycles. The molecule has 18 heavy (non-hydrogen) atoms. The van der Waals surface area contributed by atoms with Gasteiger partial charge in [0.25, 0.3) is 0 Å². The first-order valence-corrected chi connectivity index (χ1v) is 5.33. The second-order valence-electron chi connectivity index (χ2n) is 3.91. The molecular weight excluding hydrogens is 243 g/mol. The monoisotopic (exact) mass is 254 g/mol. The van der Waals surface area contributed by atoms with Crippen LogP contribution in [0.5, 0.6) is 0 Å². The van der Waals surface area contributed by atoms with Gasteiger partial charge >= 0.3 is 11.7 Å². The first-order valence-electron chi connectivity index (χ1n) is 5.33. The summed E-state index contributed by atoms with van der Waals surface area (Å²) in [5.41, 5.74) is -0.131. The molecule has 1 aromatic rings. The number of esters is 1. The molecule has 1 saturated heterocycles. The molecule has 1 fully saturated rings. The first kappa shape index (κ1) is 12.3. The minimum Gasteiger partial charge on any atom is -0.467 e. The highest BCUT2D eigenvalue weighted by atomic mass is 19.1. The van der Waals surface area contributed by atoms with Gasteiger partial charge < -0.3 is 9.64 Å². The Morgan fingerprint density at radius 3 is 2.78 bits per heavy atom. The van der Waals surface area contributed by atoms with Crippen LogP contribution in [0.2, 0.25) is 0 Å². The van der Waals surface area contributed by atoms with E-state index in [-0.39, 0.29) is 5.97 Å². The van der Waals surface area contributed by atoms with Crippen LogP contribution in [0.4, 0.5) is 15.8 Å². The molecule has 1 unspecified atom stereocenters. The zero-order valence-corrected chi connectivity index (χ0v) is 9.63. The Hall–Kier alpha value is -2.18. The van der Waals surface area contributed by atoms with Gasteiger partial charge in [-0.15, -0.1) is 0 Å². The smallest absolute Gasteiger partial charge is 0.328 e. The van der Waals surface area contributed by atoms with E-state index in [9.17, 15) is 19.3 Å². The van der Waals surface area contributed by atoms with Crippen molar-refractivity contribution in [1.82, 2.24) is 0 Å². The van der Waals surface area contributed by atoms with E-state index in [1.807, 2.05) is 0 Å². The third-order valence-corrected chi connectivity index (χ3v) is 2.95. The first-order chi connectivity index (χ1) is 8.54. The van der Waals surface area contributed by atoms with Crippen molar-refractivity contribution in [3.63, 3.8) is 0 Å². The molecule has 0 amide bonds. The van der Waals surface area contributed by atoms with Crippen molar-refractivity contribution < 1.29 is 18.8 Å². The number of ether oxygens (including phenoxy) is 1. The number of hydrogen-bond acceptors (Lipinski definition) is 5. The van der Waals surface area contributed by atoms with Crippen molar-refractivity contribution in [2.75, 3.05) is 18.6 Å². The van der Waals surface area contributed by atoms with Crippen LogP contribution in [0.3, 0.4) is 0 Å². The second-order valence-corrected chi connectivity index (χ2v) is 3.91. The fourth-order valence-electron chi connectivity index (χ4n) is 1.90. The van der Waals surface area contributed by atoms with Gasteiger partial charge in [0.15, 0.2) is 0 Å². The standard InChI is InChI=1S/C11H11FN2O4/c1-18-11(15)10-4-5-13(10)7-2-3-9(14(16)17)8(12)6-7/h2-3,6,10H,4-5H2,1H3. The quantitative estimate of drug-likeness (QED) is 0.464. The van der Waals surface area contributed by atoms with E-state index >= 15 is 0 Å². The molecule has 96 valence electrons. The molecule has 6 nitrogen and oxygen atoms in total. The van der Waals surface area contributed by atoms with Gasteiger partial charge in [0.2, 0.25) is 5.82 Å². The number of carbonyl (C=O) groups is 1. The molecule has 7 heteroatoms. The van der Waals surface area contributed by atoms with Gasteiger partial charge in [-0.2, -0.15) is 4.39 Å². The Bertz CT molecular complexity index is 506. The van der Waals surface area contributed by atoms with Gasteiger partial charge in [-0.05, 0) is 12.5 Å². The maximum Gasteiger partial charge on any atom is 0.328 e. The molecule has 0 radical (unpaired) electrons. The number of hydrogen-bond donors (Lipinski definition) is 0. The molecule has 1 aliphatic heterocycles. The Kier molecular flexibility index (Phi) is 3.14. The molecule has 0 aromatic heterocycles. The third kappa shape index (κ3) is 1.99. The molecule has 0 saturated carbocycles. The fraction of sp³-hybridized carbons (Fsp3) is 0.364. The summed E-state index contributed by atoms with van der Waals surface area (Å²) in [5, 5.41) is 10.5. The van der Waals surface area contributed by atoms with Crippen LogP contribution >= 0.6 is 0 Å².